The van der Waals surface area contributed by atoms with E-state index in [4.69, 9.17) is 0 Å². The van der Waals surface area contributed by atoms with E-state index in [-0.39, 0.29) is 11.4 Å². The van der Waals surface area contributed by atoms with Gasteiger partial charge in [-0.25, -0.2) is 18.1 Å². The predicted octanol–water partition coefficient (Wildman–Crippen LogP) is 2.05. The van der Waals surface area contributed by atoms with E-state index < -0.39 is 10.0 Å². The van der Waals surface area contributed by atoms with Crippen molar-refractivity contribution in [2.75, 3.05) is 0 Å². The number of aromatic nitrogens is 2. The summed E-state index contributed by atoms with van der Waals surface area (Å²) in [5, 5.41) is 0. The molecule has 0 atom stereocenters. The summed E-state index contributed by atoms with van der Waals surface area (Å²) < 4.78 is 29.1. The number of nitrogens with one attached hydrogen (secondary N) is 1. The molecule has 0 amide bonds. The van der Waals surface area contributed by atoms with Crippen LogP contribution < -0.4 is 4.72 Å². The molecular weight excluding hydrogens is 286 g/mol. The highest BCUT2D eigenvalue weighted by atomic mass is 32.2. The summed E-state index contributed by atoms with van der Waals surface area (Å²) in [6.45, 7) is 0.267. The van der Waals surface area contributed by atoms with Gasteiger partial charge in [0.1, 0.15) is 0 Å². The van der Waals surface area contributed by atoms with Crippen molar-refractivity contribution in [3.63, 3.8) is 0 Å². The van der Waals surface area contributed by atoms with Crippen molar-refractivity contribution in [1.29, 1.82) is 0 Å². The van der Waals surface area contributed by atoms with Gasteiger partial charge in [0.05, 0.1) is 22.3 Å². The average molecular weight is 301 g/mol. The first kappa shape index (κ1) is 13.8. The molecule has 1 heterocycles. The number of rotatable bonds is 4. The molecule has 3 aromatic rings. The second kappa shape index (κ2) is 5.31. The number of hydrogen-bond donors (Lipinski definition) is 1. The lowest BCUT2D eigenvalue weighted by atomic mass is 10.2. The zero-order valence-electron chi connectivity index (χ0n) is 11.5. The number of hydrogen-bond acceptors (Lipinski definition) is 3. The van der Waals surface area contributed by atoms with Crippen LogP contribution in [0, 0.1) is 0 Å². The molecule has 0 aliphatic heterocycles. The Labute approximate surface area is 123 Å². The first-order valence-corrected chi connectivity index (χ1v) is 7.99. The Bertz CT molecular complexity index is 870. The largest absolute Gasteiger partial charge is 0.334 e. The Morgan fingerprint density at radius 1 is 1.14 bits per heavy atom. The lowest BCUT2D eigenvalue weighted by Crippen LogP contribution is -2.23. The Kier molecular flexibility index (Phi) is 3.48. The Morgan fingerprint density at radius 2 is 1.90 bits per heavy atom. The number of aryl methyl sites for hydroxylation is 1. The molecule has 0 spiro atoms. The monoisotopic (exact) mass is 301 g/mol. The van der Waals surface area contributed by atoms with Crippen molar-refractivity contribution in [1.82, 2.24) is 14.3 Å². The second-order valence-electron chi connectivity index (χ2n) is 4.82. The molecule has 0 saturated carbocycles. The molecule has 0 saturated heterocycles. The van der Waals surface area contributed by atoms with E-state index in [0.29, 0.717) is 5.52 Å². The van der Waals surface area contributed by atoms with E-state index in [9.17, 15) is 8.42 Å². The summed E-state index contributed by atoms with van der Waals surface area (Å²) in [4.78, 5) is 4.41. The third kappa shape index (κ3) is 2.81. The van der Waals surface area contributed by atoms with Crippen LogP contribution in [0.3, 0.4) is 0 Å². The van der Waals surface area contributed by atoms with Gasteiger partial charge in [-0.1, -0.05) is 30.3 Å². The van der Waals surface area contributed by atoms with Crippen LogP contribution in [-0.4, -0.2) is 18.0 Å². The van der Waals surface area contributed by atoms with Gasteiger partial charge in [-0.15, -0.1) is 0 Å². The van der Waals surface area contributed by atoms with E-state index in [0.717, 1.165) is 11.1 Å². The van der Waals surface area contributed by atoms with E-state index in [1.807, 2.05) is 41.9 Å². The minimum absolute atomic E-state index is 0.227. The fraction of sp³-hybridized carbons (Fsp3) is 0.133. The van der Waals surface area contributed by atoms with Crippen LogP contribution in [0.5, 0.6) is 0 Å². The van der Waals surface area contributed by atoms with Crippen LogP contribution in [0.2, 0.25) is 0 Å². The summed E-state index contributed by atoms with van der Waals surface area (Å²) in [5.41, 5.74) is 2.48. The van der Waals surface area contributed by atoms with Gasteiger partial charge in [-0.2, -0.15) is 0 Å². The Hall–Kier alpha value is -2.18. The highest BCUT2D eigenvalue weighted by Crippen LogP contribution is 2.17. The summed E-state index contributed by atoms with van der Waals surface area (Å²) in [6.07, 6.45) is 1.67. The zero-order chi connectivity index (χ0) is 14.9. The minimum Gasteiger partial charge on any atom is -0.334 e. The van der Waals surface area contributed by atoms with Gasteiger partial charge in [0, 0.05) is 13.6 Å². The summed E-state index contributed by atoms with van der Waals surface area (Å²) in [5.74, 6) is 0. The fourth-order valence-corrected chi connectivity index (χ4v) is 3.18. The molecular formula is C15H15N3O2S. The highest BCUT2D eigenvalue weighted by molar-refractivity contribution is 7.89. The van der Waals surface area contributed by atoms with Crippen molar-refractivity contribution < 1.29 is 8.42 Å². The standard InChI is InChI=1S/C15H15N3O2S/c1-18-11-16-14-9-13(7-8-15(14)18)21(19,20)17-10-12-5-3-2-4-6-12/h2-9,11,17H,10H2,1H3. The number of nitrogens with zero attached hydrogens (tertiary/aromatic N) is 2. The van der Waals surface area contributed by atoms with Crippen molar-refractivity contribution in [3.05, 3.63) is 60.4 Å². The first-order valence-electron chi connectivity index (χ1n) is 6.51. The lowest BCUT2D eigenvalue weighted by molar-refractivity contribution is 0.581. The van der Waals surface area contributed by atoms with Gasteiger partial charge in [-0.3, -0.25) is 0 Å². The van der Waals surface area contributed by atoms with E-state index in [1.165, 1.54) is 0 Å². The van der Waals surface area contributed by atoms with Gasteiger partial charge < -0.3 is 4.57 Å². The molecule has 5 nitrogen and oxygen atoms in total. The molecule has 1 aromatic heterocycles. The molecule has 0 bridgehead atoms. The topological polar surface area (TPSA) is 64.0 Å². The van der Waals surface area contributed by atoms with Crippen LogP contribution in [0.25, 0.3) is 11.0 Å². The molecule has 21 heavy (non-hydrogen) atoms. The molecule has 0 unspecified atom stereocenters. The van der Waals surface area contributed by atoms with Gasteiger partial charge in [0.15, 0.2) is 0 Å². The quantitative estimate of drug-likeness (QED) is 0.802. The van der Waals surface area contributed by atoms with Gasteiger partial charge in [-0.05, 0) is 23.8 Å². The zero-order valence-corrected chi connectivity index (χ0v) is 12.3. The molecule has 3 rings (SSSR count). The van der Waals surface area contributed by atoms with E-state index >= 15 is 0 Å². The SMILES string of the molecule is Cn1cnc2cc(S(=O)(=O)NCc3ccccc3)ccc21. The predicted molar refractivity (Wildman–Crippen MR) is 81.2 cm³/mol. The van der Waals surface area contributed by atoms with Gasteiger partial charge >= 0.3 is 0 Å². The maximum Gasteiger partial charge on any atom is 0.240 e. The summed E-state index contributed by atoms with van der Waals surface area (Å²) >= 11 is 0. The lowest BCUT2D eigenvalue weighted by Gasteiger charge is -2.07. The van der Waals surface area contributed by atoms with Crippen LogP contribution in [0.4, 0.5) is 0 Å². The Morgan fingerprint density at radius 3 is 2.67 bits per heavy atom. The highest BCUT2D eigenvalue weighted by Gasteiger charge is 2.15. The van der Waals surface area contributed by atoms with Crippen LogP contribution in [0.15, 0.2) is 59.8 Å². The molecule has 0 aliphatic rings. The third-order valence-electron chi connectivity index (χ3n) is 3.32. The van der Waals surface area contributed by atoms with Crippen molar-refractivity contribution in [2.24, 2.45) is 7.05 Å². The first-order chi connectivity index (χ1) is 10.1. The molecule has 0 radical (unpaired) electrons. The maximum atomic E-state index is 12.3. The molecule has 6 heteroatoms. The number of benzene rings is 2. The third-order valence-corrected chi connectivity index (χ3v) is 4.72. The van der Waals surface area contributed by atoms with Crippen molar-refractivity contribution in [2.45, 2.75) is 11.4 Å². The fourth-order valence-electron chi connectivity index (χ4n) is 2.14. The normalized spacial score (nSPS) is 11.9. The molecule has 2 aromatic carbocycles. The minimum atomic E-state index is -3.54. The number of fused-ring (bicyclic) bond motifs is 1. The van der Waals surface area contributed by atoms with Crippen molar-refractivity contribution >= 4 is 21.1 Å². The summed E-state index contributed by atoms with van der Waals surface area (Å²) in [7, 11) is -1.67. The van der Waals surface area contributed by atoms with Crippen molar-refractivity contribution in [3.8, 4) is 0 Å². The van der Waals surface area contributed by atoms with Gasteiger partial charge in [0.25, 0.3) is 0 Å². The van der Waals surface area contributed by atoms with Crippen LogP contribution in [0.1, 0.15) is 5.56 Å². The second-order valence-corrected chi connectivity index (χ2v) is 6.58. The molecule has 0 fully saturated rings. The summed E-state index contributed by atoms with van der Waals surface area (Å²) in [6, 6.07) is 14.4. The smallest absolute Gasteiger partial charge is 0.240 e. The van der Waals surface area contributed by atoms with E-state index in [1.54, 1.807) is 24.5 Å². The van der Waals surface area contributed by atoms with Crippen LogP contribution in [-0.2, 0) is 23.6 Å². The van der Waals surface area contributed by atoms with Crippen LogP contribution >= 0.6 is 0 Å². The number of imidazole rings is 1. The van der Waals surface area contributed by atoms with Gasteiger partial charge in [0.2, 0.25) is 10.0 Å². The number of sulfonamides is 1. The molecule has 0 aliphatic carbocycles. The maximum absolute atomic E-state index is 12.3. The molecule has 108 valence electrons. The molecule has 1 N–H and O–H groups in total. The average Bonchev–Trinajstić information content (AvgIpc) is 2.87. The van der Waals surface area contributed by atoms with E-state index in [2.05, 4.69) is 9.71 Å². The Balaban J connectivity index is 1.86.